The molecular weight excluding hydrogens is 524 g/mol. The maximum absolute atomic E-state index is 13.0. The van der Waals surface area contributed by atoms with E-state index in [0.717, 1.165) is 0 Å². The first-order chi connectivity index (χ1) is 20.0. The number of benzene rings is 4. The van der Waals surface area contributed by atoms with E-state index >= 15 is 0 Å². The Morgan fingerprint density at radius 3 is 1.20 bits per heavy atom. The van der Waals surface area contributed by atoms with Crippen LogP contribution >= 0.6 is 0 Å². The van der Waals surface area contributed by atoms with Gasteiger partial charge in [0.2, 0.25) is 0 Å². The molecule has 0 N–H and O–H groups in total. The smallest absolute Gasteiger partial charge is 0.338 e. The minimum atomic E-state index is -1.21. The number of rotatable bonds is 12. The normalized spacial score (nSPS) is 11.9. The Morgan fingerprint density at radius 1 is 0.439 bits per heavy atom. The van der Waals surface area contributed by atoms with Crippen molar-refractivity contribution >= 4 is 23.9 Å². The maximum atomic E-state index is 13.0. The Balaban J connectivity index is 1.54. The van der Waals surface area contributed by atoms with Crippen LogP contribution in [-0.4, -0.2) is 49.3 Å². The van der Waals surface area contributed by atoms with Gasteiger partial charge in [0.25, 0.3) is 0 Å². The molecule has 0 bridgehead atoms. The number of hydrogen-bond acceptors (Lipinski definition) is 8. The highest BCUT2D eigenvalue weighted by Gasteiger charge is 2.32. The van der Waals surface area contributed by atoms with E-state index in [-0.39, 0.29) is 24.2 Å². The summed E-state index contributed by atoms with van der Waals surface area (Å²) in [5, 5.41) is 0. The summed E-state index contributed by atoms with van der Waals surface area (Å²) in [7, 11) is 0. The second kappa shape index (κ2) is 14.8. The average Bonchev–Trinajstić information content (AvgIpc) is 3.03. The van der Waals surface area contributed by atoms with Crippen LogP contribution < -0.4 is 0 Å². The van der Waals surface area contributed by atoms with Crippen LogP contribution in [0.5, 0.6) is 0 Å². The van der Waals surface area contributed by atoms with Crippen molar-refractivity contribution in [3.63, 3.8) is 0 Å². The topological polar surface area (TPSA) is 105 Å². The van der Waals surface area contributed by atoms with Crippen molar-refractivity contribution in [2.75, 3.05) is 13.2 Å². The fraction of sp³-hybridized carbons (Fsp3) is 0.152. The number of hydrogen-bond donors (Lipinski definition) is 0. The van der Waals surface area contributed by atoms with E-state index in [2.05, 4.69) is 0 Å². The monoisotopic (exact) mass is 552 g/mol. The van der Waals surface area contributed by atoms with Gasteiger partial charge in [-0.2, -0.15) is 0 Å². The summed E-state index contributed by atoms with van der Waals surface area (Å²) in [6.07, 6.45) is -2.37. The summed E-state index contributed by atoms with van der Waals surface area (Å²) >= 11 is 0. The van der Waals surface area contributed by atoms with Crippen LogP contribution in [0.3, 0.4) is 0 Å². The summed E-state index contributed by atoms with van der Waals surface area (Å²) in [6.45, 7) is -0.571. The van der Waals surface area contributed by atoms with Gasteiger partial charge in [-0.05, 0) is 48.5 Å². The summed E-state index contributed by atoms with van der Waals surface area (Å²) in [5.74, 6) is -2.59. The minimum absolute atomic E-state index is 0.0349. The second-order valence-electron chi connectivity index (χ2n) is 8.87. The van der Waals surface area contributed by atoms with Crippen LogP contribution in [0, 0.1) is 0 Å². The number of carbonyl (C=O) groups excluding carboxylic acids is 4. The molecular formula is C33H28O8. The van der Waals surface area contributed by atoms with Gasteiger partial charge >= 0.3 is 23.9 Å². The van der Waals surface area contributed by atoms with Gasteiger partial charge < -0.3 is 18.9 Å². The lowest BCUT2D eigenvalue weighted by Gasteiger charge is -2.27. The number of esters is 4. The molecule has 0 heterocycles. The van der Waals surface area contributed by atoms with Gasteiger partial charge in [0.1, 0.15) is 12.7 Å². The molecule has 0 fully saturated rings. The van der Waals surface area contributed by atoms with E-state index in [9.17, 15) is 19.2 Å². The van der Waals surface area contributed by atoms with Crippen LogP contribution in [-0.2, 0) is 18.9 Å². The van der Waals surface area contributed by atoms with Crippen LogP contribution in [0.1, 0.15) is 47.9 Å². The minimum Gasteiger partial charge on any atom is -0.462 e. The first-order valence-electron chi connectivity index (χ1n) is 13.0. The molecule has 2 atom stereocenters. The SMILES string of the molecule is O=C(OCC[C@@H](OC(=O)c1ccccc1)[C@H](COC(=O)c1ccccc1)OC(=O)c1ccccc1)c1ccccc1. The molecule has 0 spiro atoms. The van der Waals surface area contributed by atoms with Crippen molar-refractivity contribution in [3.05, 3.63) is 144 Å². The average molecular weight is 553 g/mol. The maximum Gasteiger partial charge on any atom is 0.338 e. The van der Waals surface area contributed by atoms with Crippen LogP contribution in [0.25, 0.3) is 0 Å². The molecule has 0 unspecified atom stereocenters. The zero-order valence-electron chi connectivity index (χ0n) is 22.1. The Bertz CT molecular complexity index is 1420. The van der Waals surface area contributed by atoms with Gasteiger partial charge in [-0.1, -0.05) is 72.8 Å². The first kappa shape index (κ1) is 28.8. The fourth-order valence-corrected chi connectivity index (χ4v) is 3.84. The molecule has 8 heteroatoms. The summed E-state index contributed by atoms with van der Waals surface area (Å²) < 4.78 is 22.4. The third-order valence-electron chi connectivity index (χ3n) is 5.98. The van der Waals surface area contributed by atoms with Gasteiger partial charge in [0.05, 0.1) is 28.9 Å². The van der Waals surface area contributed by atoms with Crippen molar-refractivity contribution in [2.45, 2.75) is 18.6 Å². The lowest BCUT2D eigenvalue weighted by atomic mass is 10.1. The molecule has 0 aliphatic carbocycles. The molecule has 0 saturated heterocycles. The molecule has 0 aliphatic rings. The summed E-state index contributed by atoms with van der Waals surface area (Å²) in [6, 6.07) is 33.3. The van der Waals surface area contributed by atoms with Gasteiger partial charge in [-0.3, -0.25) is 0 Å². The highest BCUT2D eigenvalue weighted by molar-refractivity contribution is 5.91. The molecule has 0 amide bonds. The molecule has 4 rings (SSSR count). The first-order valence-corrected chi connectivity index (χ1v) is 13.0. The van der Waals surface area contributed by atoms with Crippen molar-refractivity contribution in [3.8, 4) is 0 Å². The van der Waals surface area contributed by atoms with Gasteiger partial charge in [-0.25, -0.2) is 19.2 Å². The molecule has 0 aliphatic heterocycles. The fourth-order valence-electron chi connectivity index (χ4n) is 3.84. The molecule has 0 radical (unpaired) electrons. The van der Waals surface area contributed by atoms with E-state index in [1.54, 1.807) is 121 Å². The third-order valence-corrected chi connectivity index (χ3v) is 5.98. The Hall–Kier alpha value is -5.24. The number of ether oxygens (including phenoxy) is 4. The lowest BCUT2D eigenvalue weighted by molar-refractivity contribution is -0.0641. The molecule has 208 valence electrons. The molecule has 0 aromatic heterocycles. The van der Waals surface area contributed by atoms with Crippen molar-refractivity contribution in [2.24, 2.45) is 0 Å². The molecule has 0 saturated carbocycles. The van der Waals surface area contributed by atoms with Crippen molar-refractivity contribution < 1.29 is 38.1 Å². The molecule has 4 aromatic carbocycles. The molecule has 4 aromatic rings. The second-order valence-corrected chi connectivity index (χ2v) is 8.87. The van der Waals surface area contributed by atoms with E-state index in [4.69, 9.17) is 18.9 Å². The van der Waals surface area contributed by atoms with E-state index in [0.29, 0.717) is 11.1 Å². The Labute approximate surface area is 237 Å². The van der Waals surface area contributed by atoms with E-state index in [1.165, 1.54) is 0 Å². The summed E-state index contributed by atoms with van der Waals surface area (Å²) in [5.41, 5.74) is 1.19. The zero-order valence-corrected chi connectivity index (χ0v) is 22.1. The standard InChI is InChI=1S/C33H28O8/c34-30(24-13-5-1-6-14-24)38-22-21-28(40-32(36)26-17-9-3-10-18-26)29(41-33(37)27-19-11-4-12-20-27)23-39-31(35)25-15-7-2-8-16-25/h1-20,28-29H,21-23H2/t28-,29+/m1/s1. The number of carbonyl (C=O) groups is 4. The van der Waals surface area contributed by atoms with Gasteiger partial charge in [-0.15, -0.1) is 0 Å². The highest BCUT2D eigenvalue weighted by Crippen LogP contribution is 2.17. The van der Waals surface area contributed by atoms with Gasteiger partial charge in [0.15, 0.2) is 6.10 Å². The predicted molar refractivity (Wildman–Crippen MR) is 149 cm³/mol. The molecule has 8 nitrogen and oxygen atoms in total. The quantitative estimate of drug-likeness (QED) is 0.167. The van der Waals surface area contributed by atoms with Gasteiger partial charge in [0, 0.05) is 6.42 Å². The third kappa shape index (κ3) is 8.63. The summed E-state index contributed by atoms with van der Waals surface area (Å²) in [4.78, 5) is 51.2. The van der Waals surface area contributed by atoms with E-state index in [1.807, 2.05) is 0 Å². The van der Waals surface area contributed by atoms with Crippen LogP contribution in [0.2, 0.25) is 0 Å². The predicted octanol–water partition coefficient (Wildman–Crippen LogP) is 5.54. The Kier molecular flexibility index (Phi) is 10.4. The lowest BCUT2D eigenvalue weighted by Crippen LogP contribution is -2.40. The highest BCUT2D eigenvalue weighted by atomic mass is 16.6. The van der Waals surface area contributed by atoms with Crippen LogP contribution in [0.4, 0.5) is 0 Å². The van der Waals surface area contributed by atoms with Crippen molar-refractivity contribution in [1.82, 2.24) is 0 Å². The largest absolute Gasteiger partial charge is 0.462 e. The van der Waals surface area contributed by atoms with Crippen LogP contribution in [0.15, 0.2) is 121 Å². The zero-order chi connectivity index (χ0) is 28.9. The molecule has 41 heavy (non-hydrogen) atoms. The van der Waals surface area contributed by atoms with E-state index < -0.39 is 42.7 Å². The Morgan fingerprint density at radius 2 is 0.780 bits per heavy atom. The van der Waals surface area contributed by atoms with Crippen molar-refractivity contribution in [1.29, 1.82) is 0 Å².